The molecule has 0 aromatic carbocycles. The standard InChI is InChI=1S/C15H24/c1-11(2)13-7-9-15(4)8-5-6-12(3)14(15)10-13/h10,12,14H,1,5-9H2,2-4H3/t12-,14?,15+/m1/s1. The Kier molecular flexibility index (Phi) is 2.79. The van der Waals surface area contributed by atoms with Crippen molar-refractivity contribution in [3.63, 3.8) is 0 Å². The molecule has 0 N–H and O–H groups in total. The number of rotatable bonds is 1. The third-order valence-corrected chi connectivity index (χ3v) is 4.72. The van der Waals surface area contributed by atoms with E-state index < -0.39 is 0 Å². The molecule has 3 atom stereocenters. The van der Waals surface area contributed by atoms with E-state index in [4.69, 9.17) is 0 Å². The lowest BCUT2D eigenvalue weighted by molar-refractivity contribution is 0.0838. The van der Waals surface area contributed by atoms with Crippen LogP contribution in [0.2, 0.25) is 0 Å². The number of fused-ring (bicyclic) bond motifs is 1. The summed E-state index contributed by atoms with van der Waals surface area (Å²) >= 11 is 0. The number of allylic oxidation sites excluding steroid dienone is 3. The summed E-state index contributed by atoms with van der Waals surface area (Å²) in [4.78, 5) is 0. The highest BCUT2D eigenvalue weighted by atomic mass is 14.5. The van der Waals surface area contributed by atoms with Crippen molar-refractivity contribution in [2.75, 3.05) is 0 Å². The van der Waals surface area contributed by atoms with Crippen LogP contribution in [0.4, 0.5) is 0 Å². The van der Waals surface area contributed by atoms with Gasteiger partial charge in [-0.05, 0) is 49.0 Å². The normalized spacial score (nSPS) is 40.6. The van der Waals surface area contributed by atoms with Crippen molar-refractivity contribution in [2.45, 2.75) is 52.9 Å². The second-order valence-electron chi connectivity index (χ2n) is 6.02. The highest BCUT2D eigenvalue weighted by molar-refractivity contribution is 5.30. The first-order valence-electron chi connectivity index (χ1n) is 6.39. The molecule has 1 unspecified atom stereocenters. The molecule has 0 heteroatoms. The molecule has 0 saturated heterocycles. The van der Waals surface area contributed by atoms with E-state index in [1.54, 1.807) is 0 Å². The van der Waals surface area contributed by atoms with Gasteiger partial charge in [0.2, 0.25) is 0 Å². The van der Waals surface area contributed by atoms with Gasteiger partial charge in [-0.3, -0.25) is 0 Å². The summed E-state index contributed by atoms with van der Waals surface area (Å²) in [5.74, 6) is 1.69. The molecule has 15 heavy (non-hydrogen) atoms. The van der Waals surface area contributed by atoms with Gasteiger partial charge in [-0.1, -0.05) is 44.9 Å². The van der Waals surface area contributed by atoms with E-state index in [1.807, 2.05) is 0 Å². The zero-order valence-electron chi connectivity index (χ0n) is 10.5. The minimum Gasteiger partial charge on any atom is -0.0958 e. The molecule has 2 aliphatic carbocycles. The first-order valence-corrected chi connectivity index (χ1v) is 6.39. The summed E-state index contributed by atoms with van der Waals surface area (Å²) in [5.41, 5.74) is 3.41. The molecular weight excluding hydrogens is 180 g/mol. The second-order valence-corrected chi connectivity index (χ2v) is 6.02. The van der Waals surface area contributed by atoms with Crippen molar-refractivity contribution in [3.8, 4) is 0 Å². The number of hydrogen-bond acceptors (Lipinski definition) is 0. The predicted octanol–water partition coefficient (Wildman–Crippen LogP) is 4.73. The first-order chi connectivity index (χ1) is 7.03. The van der Waals surface area contributed by atoms with Crippen molar-refractivity contribution >= 4 is 0 Å². The number of hydrogen-bond donors (Lipinski definition) is 0. The summed E-state index contributed by atoms with van der Waals surface area (Å²) in [7, 11) is 0. The van der Waals surface area contributed by atoms with E-state index in [0.717, 1.165) is 11.8 Å². The SMILES string of the molecule is C=C(C)C1=CC2[C@H](C)CCC[C@@]2(C)CC1. The van der Waals surface area contributed by atoms with Crippen LogP contribution in [0.15, 0.2) is 23.8 Å². The van der Waals surface area contributed by atoms with Crippen LogP contribution in [0.3, 0.4) is 0 Å². The Balaban J connectivity index is 2.28. The largest absolute Gasteiger partial charge is 0.0958 e. The van der Waals surface area contributed by atoms with Crippen LogP contribution < -0.4 is 0 Å². The van der Waals surface area contributed by atoms with Crippen LogP contribution in [0, 0.1) is 17.3 Å². The predicted molar refractivity (Wildman–Crippen MR) is 66.7 cm³/mol. The Morgan fingerprint density at radius 3 is 2.87 bits per heavy atom. The van der Waals surface area contributed by atoms with Crippen molar-refractivity contribution < 1.29 is 0 Å². The maximum Gasteiger partial charge on any atom is -0.0148 e. The smallest absolute Gasteiger partial charge is 0.0148 e. The Morgan fingerprint density at radius 2 is 2.20 bits per heavy atom. The van der Waals surface area contributed by atoms with Gasteiger partial charge >= 0.3 is 0 Å². The molecule has 0 bridgehead atoms. The highest BCUT2D eigenvalue weighted by Crippen LogP contribution is 2.51. The fourth-order valence-corrected chi connectivity index (χ4v) is 3.59. The second kappa shape index (κ2) is 3.81. The van der Waals surface area contributed by atoms with Crippen LogP contribution in [0.25, 0.3) is 0 Å². The molecule has 84 valence electrons. The lowest BCUT2D eigenvalue weighted by Crippen LogP contribution is -2.37. The monoisotopic (exact) mass is 204 g/mol. The molecule has 0 aliphatic heterocycles. The summed E-state index contributed by atoms with van der Waals surface area (Å²) in [5, 5.41) is 0. The summed E-state index contributed by atoms with van der Waals surface area (Å²) < 4.78 is 0. The lowest BCUT2D eigenvalue weighted by Gasteiger charge is -2.47. The molecule has 0 nitrogen and oxygen atoms in total. The first kappa shape index (κ1) is 11.0. The van der Waals surface area contributed by atoms with Crippen LogP contribution in [-0.4, -0.2) is 0 Å². The fraction of sp³-hybridized carbons (Fsp3) is 0.733. The summed E-state index contributed by atoms with van der Waals surface area (Å²) in [6.07, 6.45) is 9.47. The molecule has 2 rings (SSSR count). The van der Waals surface area contributed by atoms with Crippen LogP contribution in [0.5, 0.6) is 0 Å². The Morgan fingerprint density at radius 1 is 1.47 bits per heavy atom. The molecule has 1 saturated carbocycles. The molecule has 0 aromatic rings. The summed E-state index contributed by atoms with van der Waals surface area (Å²) in [6, 6.07) is 0. The highest BCUT2D eigenvalue weighted by Gasteiger charge is 2.41. The van der Waals surface area contributed by atoms with E-state index in [1.165, 1.54) is 43.3 Å². The zero-order chi connectivity index (χ0) is 11.1. The third-order valence-electron chi connectivity index (χ3n) is 4.72. The molecular formula is C15H24. The Bertz CT molecular complexity index is 297. The van der Waals surface area contributed by atoms with E-state index in [0.29, 0.717) is 5.41 Å². The molecule has 0 heterocycles. The Labute approximate surface area is 94.5 Å². The minimum atomic E-state index is 0.594. The zero-order valence-corrected chi connectivity index (χ0v) is 10.5. The minimum absolute atomic E-state index is 0.594. The van der Waals surface area contributed by atoms with Gasteiger partial charge in [0.15, 0.2) is 0 Å². The average molecular weight is 204 g/mol. The van der Waals surface area contributed by atoms with Crippen LogP contribution >= 0.6 is 0 Å². The third kappa shape index (κ3) is 1.91. The van der Waals surface area contributed by atoms with Gasteiger partial charge in [-0.25, -0.2) is 0 Å². The molecule has 0 spiro atoms. The lowest BCUT2D eigenvalue weighted by atomic mass is 9.58. The van der Waals surface area contributed by atoms with E-state index in [-0.39, 0.29) is 0 Å². The van der Waals surface area contributed by atoms with Gasteiger partial charge in [0, 0.05) is 0 Å². The van der Waals surface area contributed by atoms with Gasteiger partial charge in [0.25, 0.3) is 0 Å². The van der Waals surface area contributed by atoms with Gasteiger partial charge < -0.3 is 0 Å². The summed E-state index contributed by atoms with van der Waals surface area (Å²) in [6.45, 7) is 11.2. The van der Waals surface area contributed by atoms with Crippen LogP contribution in [0.1, 0.15) is 52.9 Å². The fourth-order valence-electron chi connectivity index (χ4n) is 3.59. The molecule has 0 radical (unpaired) electrons. The molecule has 2 aliphatic rings. The van der Waals surface area contributed by atoms with Crippen LogP contribution in [-0.2, 0) is 0 Å². The van der Waals surface area contributed by atoms with E-state index in [2.05, 4.69) is 33.4 Å². The van der Waals surface area contributed by atoms with Crippen molar-refractivity contribution in [2.24, 2.45) is 17.3 Å². The van der Waals surface area contributed by atoms with Gasteiger partial charge in [-0.2, -0.15) is 0 Å². The molecule has 0 aromatic heterocycles. The van der Waals surface area contributed by atoms with E-state index in [9.17, 15) is 0 Å². The maximum atomic E-state index is 4.10. The molecule has 0 amide bonds. The van der Waals surface area contributed by atoms with Crippen molar-refractivity contribution in [1.29, 1.82) is 0 Å². The van der Waals surface area contributed by atoms with Gasteiger partial charge in [0.05, 0.1) is 0 Å². The van der Waals surface area contributed by atoms with Crippen molar-refractivity contribution in [3.05, 3.63) is 23.8 Å². The topological polar surface area (TPSA) is 0 Å². The Hall–Kier alpha value is -0.520. The van der Waals surface area contributed by atoms with Gasteiger partial charge in [0.1, 0.15) is 0 Å². The quantitative estimate of drug-likeness (QED) is 0.579. The average Bonchev–Trinajstić information content (AvgIpc) is 2.17. The van der Waals surface area contributed by atoms with Gasteiger partial charge in [-0.15, -0.1) is 0 Å². The van der Waals surface area contributed by atoms with Crippen molar-refractivity contribution in [1.82, 2.24) is 0 Å². The molecule has 1 fully saturated rings. The van der Waals surface area contributed by atoms with E-state index >= 15 is 0 Å². The maximum absolute atomic E-state index is 4.10.